The zero-order valence-electron chi connectivity index (χ0n) is 15.2. The van der Waals surface area contributed by atoms with Crippen LogP contribution in [0.4, 0.5) is 0 Å². The summed E-state index contributed by atoms with van der Waals surface area (Å²) in [5.74, 6) is 0.290. The maximum absolute atomic E-state index is 12.5. The molecule has 0 bridgehead atoms. The number of amides is 1. The summed E-state index contributed by atoms with van der Waals surface area (Å²) >= 11 is 1.75. The van der Waals surface area contributed by atoms with Gasteiger partial charge in [-0.2, -0.15) is 0 Å². The molecule has 1 aromatic rings. The van der Waals surface area contributed by atoms with E-state index in [4.69, 9.17) is 0 Å². The minimum absolute atomic E-state index is 0.290. The molecule has 2 aliphatic heterocycles. The Morgan fingerprint density at radius 1 is 1.33 bits per heavy atom. The zero-order chi connectivity index (χ0) is 17.2. The van der Waals surface area contributed by atoms with Crippen molar-refractivity contribution < 1.29 is 4.79 Å². The van der Waals surface area contributed by atoms with Crippen molar-refractivity contribution in [2.45, 2.75) is 45.7 Å². The monoisotopic (exact) mass is 350 g/mol. The average Bonchev–Trinajstić information content (AvgIpc) is 3.19. The van der Waals surface area contributed by atoms with Gasteiger partial charge in [-0.1, -0.05) is 0 Å². The summed E-state index contributed by atoms with van der Waals surface area (Å²) in [6.45, 7) is 9.99. The highest BCUT2D eigenvalue weighted by Gasteiger charge is 2.41. The van der Waals surface area contributed by atoms with Crippen LogP contribution in [-0.4, -0.2) is 71.4 Å². The van der Waals surface area contributed by atoms with Gasteiger partial charge in [-0.25, -0.2) is 4.98 Å². The third-order valence-electron chi connectivity index (χ3n) is 5.80. The van der Waals surface area contributed by atoms with Gasteiger partial charge >= 0.3 is 0 Å². The van der Waals surface area contributed by atoms with Crippen LogP contribution in [0.25, 0.3) is 0 Å². The van der Waals surface area contributed by atoms with Crippen LogP contribution in [0.1, 0.15) is 38.1 Å². The van der Waals surface area contributed by atoms with E-state index in [9.17, 15) is 4.79 Å². The molecular weight excluding hydrogens is 320 g/mol. The maximum atomic E-state index is 12.5. The Kier molecular flexibility index (Phi) is 5.57. The van der Waals surface area contributed by atoms with Crippen molar-refractivity contribution in [1.29, 1.82) is 0 Å². The first-order valence-corrected chi connectivity index (χ1v) is 9.94. The Bertz CT molecular complexity index is 537. The van der Waals surface area contributed by atoms with Crippen LogP contribution in [0.15, 0.2) is 11.6 Å². The minimum Gasteiger partial charge on any atom is -0.342 e. The van der Waals surface area contributed by atoms with E-state index < -0.39 is 0 Å². The van der Waals surface area contributed by atoms with Crippen LogP contribution in [0, 0.1) is 5.41 Å². The Balaban J connectivity index is 1.47. The van der Waals surface area contributed by atoms with Crippen LogP contribution in [0.2, 0.25) is 0 Å². The Labute approximate surface area is 149 Å². The third-order valence-corrected chi connectivity index (χ3v) is 6.57. The normalized spacial score (nSPS) is 21.3. The molecule has 0 saturated carbocycles. The highest BCUT2D eigenvalue weighted by atomic mass is 32.1. The number of rotatable bonds is 5. The van der Waals surface area contributed by atoms with E-state index in [-0.39, 0.29) is 0 Å². The second-order valence-corrected chi connectivity index (χ2v) is 8.76. The first kappa shape index (κ1) is 17.8. The van der Waals surface area contributed by atoms with Crippen LogP contribution in [-0.2, 0) is 11.3 Å². The van der Waals surface area contributed by atoms with Gasteiger partial charge in [-0.05, 0) is 52.1 Å². The molecule has 2 aliphatic rings. The van der Waals surface area contributed by atoms with Crippen molar-refractivity contribution in [2.24, 2.45) is 5.41 Å². The van der Waals surface area contributed by atoms with Crippen molar-refractivity contribution in [3.63, 3.8) is 0 Å². The number of likely N-dealkylation sites (tertiary alicyclic amines) is 2. The molecule has 3 rings (SSSR count). The minimum atomic E-state index is 0.290. The second-order valence-electron chi connectivity index (χ2n) is 7.78. The number of likely N-dealkylation sites (N-methyl/N-ethyl adjacent to an activating group) is 1. The molecule has 0 atom stereocenters. The van der Waals surface area contributed by atoms with E-state index in [1.807, 2.05) is 13.2 Å². The summed E-state index contributed by atoms with van der Waals surface area (Å²) in [5.41, 5.74) is 0.429. The molecule has 2 saturated heterocycles. The van der Waals surface area contributed by atoms with Gasteiger partial charge in [0.2, 0.25) is 5.91 Å². The molecule has 5 nitrogen and oxygen atoms in total. The predicted molar refractivity (Wildman–Crippen MR) is 98.0 cm³/mol. The van der Waals surface area contributed by atoms with Gasteiger partial charge in [0.05, 0.1) is 13.1 Å². The van der Waals surface area contributed by atoms with E-state index in [0.717, 1.165) is 32.5 Å². The third kappa shape index (κ3) is 4.16. The molecule has 3 heterocycles. The molecule has 0 aliphatic carbocycles. The van der Waals surface area contributed by atoms with Crippen molar-refractivity contribution in [1.82, 2.24) is 19.7 Å². The lowest BCUT2D eigenvalue weighted by Crippen LogP contribution is -2.47. The number of thiazole rings is 1. The molecule has 134 valence electrons. The Morgan fingerprint density at radius 3 is 2.67 bits per heavy atom. The van der Waals surface area contributed by atoms with Gasteiger partial charge in [0.15, 0.2) is 0 Å². The molecule has 0 radical (unpaired) electrons. The van der Waals surface area contributed by atoms with E-state index in [2.05, 4.69) is 38.9 Å². The first-order valence-electron chi connectivity index (χ1n) is 9.06. The molecule has 0 aromatic carbocycles. The quantitative estimate of drug-likeness (QED) is 0.817. The molecule has 6 heteroatoms. The number of hydrogen-bond acceptors (Lipinski definition) is 5. The lowest BCUT2D eigenvalue weighted by molar-refractivity contribution is -0.134. The van der Waals surface area contributed by atoms with Gasteiger partial charge in [0.1, 0.15) is 5.01 Å². The van der Waals surface area contributed by atoms with Gasteiger partial charge in [0, 0.05) is 37.3 Å². The second kappa shape index (κ2) is 7.50. The SMILES string of the molecule is CC(C)N(C)CC(=O)N1CCC2(CCN(Cc3nccs3)C2)CC1. The highest BCUT2D eigenvalue weighted by Crippen LogP contribution is 2.40. The zero-order valence-corrected chi connectivity index (χ0v) is 16.0. The summed E-state index contributed by atoms with van der Waals surface area (Å²) in [5, 5.41) is 3.27. The number of carbonyl (C=O) groups is 1. The van der Waals surface area contributed by atoms with Crippen LogP contribution in [0.3, 0.4) is 0 Å². The summed E-state index contributed by atoms with van der Waals surface area (Å²) in [6.07, 6.45) is 5.47. The van der Waals surface area contributed by atoms with Crippen molar-refractivity contribution >= 4 is 17.2 Å². The summed E-state index contributed by atoms with van der Waals surface area (Å²) < 4.78 is 0. The number of aromatic nitrogens is 1. The van der Waals surface area contributed by atoms with E-state index in [0.29, 0.717) is 23.9 Å². The van der Waals surface area contributed by atoms with Gasteiger partial charge < -0.3 is 4.90 Å². The first-order chi connectivity index (χ1) is 11.5. The molecule has 2 fully saturated rings. The van der Waals surface area contributed by atoms with Crippen molar-refractivity contribution in [2.75, 3.05) is 39.8 Å². The van der Waals surface area contributed by atoms with Crippen molar-refractivity contribution in [3.05, 3.63) is 16.6 Å². The number of carbonyl (C=O) groups excluding carboxylic acids is 1. The molecule has 0 N–H and O–H groups in total. The van der Waals surface area contributed by atoms with Gasteiger partial charge in [-0.3, -0.25) is 14.6 Å². The summed E-state index contributed by atoms with van der Waals surface area (Å²) in [7, 11) is 2.03. The molecule has 1 spiro atoms. The molecule has 1 amide bonds. The van der Waals surface area contributed by atoms with Gasteiger partial charge in [-0.15, -0.1) is 11.3 Å². The fourth-order valence-electron chi connectivity index (χ4n) is 3.82. The largest absolute Gasteiger partial charge is 0.342 e. The van der Waals surface area contributed by atoms with E-state index in [1.54, 1.807) is 11.3 Å². The van der Waals surface area contributed by atoms with Crippen LogP contribution < -0.4 is 0 Å². The molecular formula is C18H30N4OS. The van der Waals surface area contributed by atoms with E-state index in [1.165, 1.54) is 24.5 Å². The molecule has 24 heavy (non-hydrogen) atoms. The Morgan fingerprint density at radius 2 is 2.04 bits per heavy atom. The standard InChI is InChI=1S/C18H30N4OS/c1-15(2)20(3)13-17(23)22-9-5-18(6-10-22)4-8-21(14-18)12-16-19-7-11-24-16/h7,11,15H,4-6,8-10,12-14H2,1-3H3. The topological polar surface area (TPSA) is 39.7 Å². The molecule has 0 unspecified atom stereocenters. The maximum Gasteiger partial charge on any atom is 0.236 e. The van der Waals surface area contributed by atoms with Crippen molar-refractivity contribution in [3.8, 4) is 0 Å². The smallest absolute Gasteiger partial charge is 0.236 e. The number of nitrogens with zero attached hydrogens (tertiary/aromatic N) is 4. The van der Waals surface area contributed by atoms with E-state index >= 15 is 0 Å². The lowest BCUT2D eigenvalue weighted by atomic mass is 9.78. The van der Waals surface area contributed by atoms with Crippen LogP contribution >= 0.6 is 11.3 Å². The summed E-state index contributed by atoms with van der Waals surface area (Å²) in [6, 6.07) is 0.416. The number of piperidine rings is 1. The fraction of sp³-hybridized carbons (Fsp3) is 0.778. The number of hydrogen-bond donors (Lipinski definition) is 0. The average molecular weight is 351 g/mol. The predicted octanol–water partition coefficient (Wildman–Crippen LogP) is 2.30. The Hall–Kier alpha value is -0.980. The lowest BCUT2D eigenvalue weighted by Gasteiger charge is -2.40. The fourth-order valence-corrected chi connectivity index (χ4v) is 4.48. The summed E-state index contributed by atoms with van der Waals surface area (Å²) in [4.78, 5) is 23.6. The highest BCUT2D eigenvalue weighted by molar-refractivity contribution is 7.09. The van der Waals surface area contributed by atoms with Crippen LogP contribution in [0.5, 0.6) is 0 Å². The molecule has 1 aromatic heterocycles. The van der Waals surface area contributed by atoms with Gasteiger partial charge in [0.25, 0.3) is 0 Å².